The van der Waals surface area contributed by atoms with Gasteiger partial charge in [-0.2, -0.15) is 0 Å². The fourth-order valence-corrected chi connectivity index (χ4v) is 2.38. The number of amides is 1. The summed E-state index contributed by atoms with van der Waals surface area (Å²) in [5, 5.41) is 4.69. The quantitative estimate of drug-likeness (QED) is 0.884. The Bertz CT molecular complexity index is 560. The van der Waals surface area contributed by atoms with Crippen LogP contribution in [0.5, 0.6) is 0 Å². The summed E-state index contributed by atoms with van der Waals surface area (Å²) in [6.07, 6.45) is 0. The van der Waals surface area contributed by atoms with Gasteiger partial charge in [-0.3, -0.25) is 4.79 Å². The van der Waals surface area contributed by atoms with Crippen molar-refractivity contribution in [2.24, 2.45) is 0 Å². The van der Waals surface area contributed by atoms with Crippen LogP contribution >= 0.6 is 11.3 Å². The lowest BCUT2D eigenvalue weighted by Crippen LogP contribution is -2.12. The van der Waals surface area contributed by atoms with E-state index < -0.39 is 0 Å². The first kappa shape index (κ1) is 12.6. The van der Waals surface area contributed by atoms with Gasteiger partial charge in [-0.25, -0.2) is 0 Å². The van der Waals surface area contributed by atoms with Gasteiger partial charge in [0.2, 0.25) is 0 Å². The van der Waals surface area contributed by atoms with Crippen LogP contribution in [0.4, 0.5) is 11.4 Å². The Hall–Kier alpha value is -1.81. The number of anilines is 2. The molecule has 2 aromatic rings. The molecule has 1 aromatic carbocycles. The molecule has 0 unspecified atom stereocenters. The van der Waals surface area contributed by atoms with E-state index in [4.69, 9.17) is 5.73 Å². The zero-order valence-electron chi connectivity index (χ0n) is 10.4. The molecule has 0 atom stereocenters. The highest BCUT2D eigenvalue weighted by atomic mass is 32.1. The third-order valence-electron chi connectivity index (χ3n) is 2.71. The molecule has 1 amide bonds. The van der Waals surface area contributed by atoms with Crippen molar-refractivity contribution < 1.29 is 4.79 Å². The SMILES string of the molecule is CC(C)c1cccc(NC(=O)c2sccc2N)c1. The molecule has 0 bridgehead atoms. The molecule has 4 heteroatoms. The molecule has 0 fully saturated rings. The lowest BCUT2D eigenvalue weighted by Gasteiger charge is -2.09. The highest BCUT2D eigenvalue weighted by Crippen LogP contribution is 2.22. The van der Waals surface area contributed by atoms with E-state index in [1.165, 1.54) is 16.9 Å². The molecule has 94 valence electrons. The number of rotatable bonds is 3. The molecular weight excluding hydrogens is 244 g/mol. The highest BCUT2D eigenvalue weighted by Gasteiger charge is 2.11. The first-order chi connectivity index (χ1) is 8.58. The molecule has 0 radical (unpaired) electrons. The van der Waals surface area contributed by atoms with E-state index in [1.54, 1.807) is 6.07 Å². The lowest BCUT2D eigenvalue weighted by molar-refractivity contribution is 0.103. The number of hydrogen-bond donors (Lipinski definition) is 2. The van der Waals surface area contributed by atoms with Crippen molar-refractivity contribution in [1.29, 1.82) is 0 Å². The standard InChI is InChI=1S/C14H16N2OS/c1-9(2)10-4-3-5-11(8-10)16-14(17)13-12(15)6-7-18-13/h3-9H,15H2,1-2H3,(H,16,17). The second-order valence-corrected chi connectivity index (χ2v) is 5.36. The van der Waals surface area contributed by atoms with Crippen LogP contribution in [0.25, 0.3) is 0 Å². The number of carbonyl (C=O) groups is 1. The maximum absolute atomic E-state index is 12.0. The van der Waals surface area contributed by atoms with Gasteiger partial charge in [0.1, 0.15) is 4.88 Å². The van der Waals surface area contributed by atoms with E-state index in [0.29, 0.717) is 16.5 Å². The summed E-state index contributed by atoms with van der Waals surface area (Å²) < 4.78 is 0. The first-order valence-corrected chi connectivity index (χ1v) is 6.70. The third-order valence-corrected chi connectivity index (χ3v) is 3.64. The Kier molecular flexibility index (Phi) is 3.67. The van der Waals surface area contributed by atoms with Crippen LogP contribution in [-0.4, -0.2) is 5.91 Å². The summed E-state index contributed by atoms with van der Waals surface area (Å²) in [6.45, 7) is 4.25. The number of nitrogens with two attached hydrogens (primary N) is 1. The Balaban J connectivity index is 2.17. The van der Waals surface area contributed by atoms with Crippen molar-refractivity contribution in [3.63, 3.8) is 0 Å². The second-order valence-electron chi connectivity index (χ2n) is 4.44. The minimum atomic E-state index is -0.150. The van der Waals surface area contributed by atoms with Crippen LogP contribution < -0.4 is 11.1 Å². The molecule has 2 rings (SSSR count). The molecule has 0 saturated heterocycles. The topological polar surface area (TPSA) is 55.1 Å². The van der Waals surface area contributed by atoms with Crippen molar-refractivity contribution >= 4 is 28.6 Å². The van der Waals surface area contributed by atoms with Gasteiger partial charge >= 0.3 is 0 Å². The zero-order chi connectivity index (χ0) is 13.1. The van der Waals surface area contributed by atoms with E-state index >= 15 is 0 Å². The van der Waals surface area contributed by atoms with Crippen LogP contribution in [0.2, 0.25) is 0 Å². The fraction of sp³-hybridized carbons (Fsp3) is 0.214. The molecule has 0 aliphatic carbocycles. The summed E-state index contributed by atoms with van der Waals surface area (Å²) in [4.78, 5) is 12.6. The molecular formula is C14H16N2OS. The summed E-state index contributed by atoms with van der Waals surface area (Å²) in [5.74, 6) is 0.289. The molecule has 0 spiro atoms. The third kappa shape index (κ3) is 2.71. The number of benzene rings is 1. The van der Waals surface area contributed by atoms with Crippen LogP contribution in [0.1, 0.15) is 35.0 Å². The van der Waals surface area contributed by atoms with E-state index in [2.05, 4.69) is 25.2 Å². The minimum Gasteiger partial charge on any atom is -0.397 e. The predicted molar refractivity (Wildman–Crippen MR) is 77.2 cm³/mol. The smallest absolute Gasteiger partial charge is 0.267 e. The maximum Gasteiger partial charge on any atom is 0.267 e. The average molecular weight is 260 g/mol. The van der Waals surface area contributed by atoms with Crippen molar-refractivity contribution in [3.05, 3.63) is 46.2 Å². The number of thiophene rings is 1. The van der Waals surface area contributed by atoms with Gasteiger partial charge in [0.05, 0.1) is 5.69 Å². The van der Waals surface area contributed by atoms with Crippen molar-refractivity contribution in [2.75, 3.05) is 11.1 Å². The van der Waals surface area contributed by atoms with Gasteiger partial charge in [0.15, 0.2) is 0 Å². The first-order valence-electron chi connectivity index (χ1n) is 5.82. The largest absolute Gasteiger partial charge is 0.397 e. The van der Waals surface area contributed by atoms with Gasteiger partial charge in [-0.1, -0.05) is 26.0 Å². The number of carbonyl (C=O) groups excluding carboxylic acids is 1. The van der Waals surface area contributed by atoms with Gasteiger partial charge in [-0.05, 0) is 35.1 Å². The maximum atomic E-state index is 12.0. The summed E-state index contributed by atoms with van der Waals surface area (Å²) in [6, 6.07) is 9.62. The minimum absolute atomic E-state index is 0.150. The van der Waals surface area contributed by atoms with Crippen LogP contribution in [0.3, 0.4) is 0 Å². The van der Waals surface area contributed by atoms with E-state index in [0.717, 1.165) is 5.69 Å². The zero-order valence-corrected chi connectivity index (χ0v) is 11.3. The summed E-state index contributed by atoms with van der Waals surface area (Å²) in [5.41, 5.74) is 8.25. The van der Waals surface area contributed by atoms with E-state index in [1.807, 2.05) is 23.6 Å². The van der Waals surface area contributed by atoms with Crippen LogP contribution in [-0.2, 0) is 0 Å². The average Bonchev–Trinajstić information content (AvgIpc) is 2.76. The molecule has 0 aliphatic rings. The Morgan fingerprint density at radius 2 is 2.11 bits per heavy atom. The molecule has 3 nitrogen and oxygen atoms in total. The van der Waals surface area contributed by atoms with Gasteiger partial charge < -0.3 is 11.1 Å². The number of nitrogens with one attached hydrogen (secondary N) is 1. The van der Waals surface area contributed by atoms with Gasteiger partial charge in [-0.15, -0.1) is 11.3 Å². The van der Waals surface area contributed by atoms with Crippen LogP contribution in [0.15, 0.2) is 35.7 Å². The molecule has 1 heterocycles. The summed E-state index contributed by atoms with van der Waals surface area (Å²) >= 11 is 1.35. The molecule has 3 N–H and O–H groups in total. The van der Waals surface area contributed by atoms with Gasteiger partial charge in [0, 0.05) is 5.69 Å². The van der Waals surface area contributed by atoms with Crippen molar-refractivity contribution in [1.82, 2.24) is 0 Å². The number of hydrogen-bond acceptors (Lipinski definition) is 3. The van der Waals surface area contributed by atoms with E-state index in [-0.39, 0.29) is 5.91 Å². The van der Waals surface area contributed by atoms with Crippen molar-refractivity contribution in [2.45, 2.75) is 19.8 Å². The second kappa shape index (κ2) is 5.23. The van der Waals surface area contributed by atoms with Gasteiger partial charge in [0.25, 0.3) is 5.91 Å². The Labute approximate surface area is 111 Å². The van der Waals surface area contributed by atoms with Crippen molar-refractivity contribution in [3.8, 4) is 0 Å². The molecule has 0 aliphatic heterocycles. The number of nitrogen functional groups attached to an aromatic ring is 1. The van der Waals surface area contributed by atoms with E-state index in [9.17, 15) is 4.79 Å². The Morgan fingerprint density at radius 1 is 1.33 bits per heavy atom. The lowest BCUT2D eigenvalue weighted by atomic mass is 10.0. The predicted octanol–water partition coefficient (Wildman–Crippen LogP) is 3.71. The molecule has 0 saturated carbocycles. The normalized spacial score (nSPS) is 10.6. The Morgan fingerprint density at radius 3 is 2.72 bits per heavy atom. The monoisotopic (exact) mass is 260 g/mol. The molecule has 1 aromatic heterocycles. The fourth-order valence-electron chi connectivity index (χ4n) is 1.67. The van der Waals surface area contributed by atoms with Crippen LogP contribution in [0, 0.1) is 0 Å². The summed E-state index contributed by atoms with van der Waals surface area (Å²) in [7, 11) is 0. The highest BCUT2D eigenvalue weighted by molar-refractivity contribution is 7.12. The molecule has 18 heavy (non-hydrogen) atoms.